The number of rotatable bonds is 2. The Morgan fingerprint density at radius 2 is 1.88 bits per heavy atom. The summed E-state index contributed by atoms with van der Waals surface area (Å²) < 4.78 is 50.6. The van der Waals surface area contributed by atoms with E-state index in [9.17, 15) is 17.6 Å². The molecule has 0 heterocycles. The highest BCUT2D eigenvalue weighted by Gasteiger charge is 2.32. The first-order chi connectivity index (χ1) is 7.27. The van der Waals surface area contributed by atoms with Crippen LogP contribution in [0.4, 0.5) is 17.6 Å². The van der Waals surface area contributed by atoms with Crippen molar-refractivity contribution in [3.8, 4) is 0 Å². The largest absolute Gasteiger partial charge is 0.416 e. The summed E-state index contributed by atoms with van der Waals surface area (Å²) >= 11 is 5.35. The lowest BCUT2D eigenvalue weighted by atomic mass is 10.0. The van der Waals surface area contributed by atoms with E-state index < -0.39 is 28.6 Å². The second-order valence-corrected chi connectivity index (χ2v) is 3.61. The highest BCUT2D eigenvalue weighted by molar-refractivity contribution is 6.30. The third-order valence-electron chi connectivity index (χ3n) is 2.04. The zero-order valence-corrected chi connectivity index (χ0v) is 8.74. The van der Waals surface area contributed by atoms with Crippen molar-refractivity contribution in [2.75, 3.05) is 6.54 Å². The summed E-state index contributed by atoms with van der Waals surface area (Å²) in [6, 6.07) is 0.127. The van der Waals surface area contributed by atoms with E-state index in [1.807, 2.05) is 0 Å². The van der Waals surface area contributed by atoms with Crippen molar-refractivity contribution >= 4 is 11.6 Å². The van der Waals surface area contributed by atoms with Gasteiger partial charge in [-0.05, 0) is 12.1 Å². The normalized spacial score (nSPS) is 13.9. The van der Waals surface area contributed by atoms with E-state index in [0.717, 1.165) is 0 Å². The van der Waals surface area contributed by atoms with Crippen molar-refractivity contribution in [3.05, 3.63) is 34.1 Å². The number of nitrogens with two attached hydrogens (primary N) is 2. The zero-order valence-electron chi connectivity index (χ0n) is 7.98. The standard InChI is InChI=1S/C9H9ClF4N2/c10-6-2-4(9(12,13)14)1-5(8(6)11)7(16)3-15/h1-2,7H,3,15-16H2/t7-/m0/s1. The lowest BCUT2D eigenvalue weighted by Crippen LogP contribution is -2.22. The molecule has 0 spiro atoms. The minimum Gasteiger partial charge on any atom is -0.329 e. The quantitative estimate of drug-likeness (QED) is 0.799. The molecule has 2 nitrogen and oxygen atoms in total. The van der Waals surface area contributed by atoms with Crippen molar-refractivity contribution in [2.24, 2.45) is 11.5 Å². The van der Waals surface area contributed by atoms with Crippen molar-refractivity contribution in [3.63, 3.8) is 0 Å². The number of hydrogen-bond donors (Lipinski definition) is 2. The smallest absolute Gasteiger partial charge is 0.329 e. The molecular weight excluding hydrogens is 248 g/mol. The molecule has 0 unspecified atom stereocenters. The van der Waals surface area contributed by atoms with E-state index in [-0.39, 0.29) is 12.1 Å². The van der Waals surface area contributed by atoms with E-state index in [2.05, 4.69) is 0 Å². The first-order valence-electron chi connectivity index (χ1n) is 4.29. The summed E-state index contributed by atoms with van der Waals surface area (Å²) in [6.07, 6.45) is -4.60. The van der Waals surface area contributed by atoms with Gasteiger partial charge in [-0.25, -0.2) is 4.39 Å². The molecule has 0 saturated carbocycles. The molecule has 1 rings (SSSR count). The van der Waals surface area contributed by atoms with Crippen LogP contribution in [0.3, 0.4) is 0 Å². The van der Waals surface area contributed by atoms with Crippen LogP contribution in [-0.4, -0.2) is 6.54 Å². The molecule has 1 atom stereocenters. The zero-order chi connectivity index (χ0) is 12.5. The average Bonchev–Trinajstić information content (AvgIpc) is 2.19. The van der Waals surface area contributed by atoms with E-state index in [1.54, 1.807) is 0 Å². The van der Waals surface area contributed by atoms with Crippen molar-refractivity contribution in [1.82, 2.24) is 0 Å². The average molecular weight is 257 g/mol. The molecule has 0 aliphatic carbocycles. The fourth-order valence-corrected chi connectivity index (χ4v) is 1.40. The van der Waals surface area contributed by atoms with Crippen LogP contribution >= 0.6 is 11.6 Å². The minimum atomic E-state index is -4.60. The van der Waals surface area contributed by atoms with Gasteiger partial charge in [-0.3, -0.25) is 0 Å². The van der Waals surface area contributed by atoms with Gasteiger partial charge < -0.3 is 11.5 Å². The Bertz CT molecular complexity index is 392. The maximum absolute atomic E-state index is 13.4. The SMILES string of the molecule is NC[C@H](N)c1cc(C(F)(F)F)cc(Cl)c1F. The lowest BCUT2D eigenvalue weighted by molar-refractivity contribution is -0.137. The molecule has 0 amide bonds. The van der Waals surface area contributed by atoms with Crippen LogP contribution in [-0.2, 0) is 6.18 Å². The number of halogens is 5. The predicted octanol–water partition coefficient (Wildman–Crippen LogP) is 2.46. The van der Waals surface area contributed by atoms with E-state index in [1.165, 1.54) is 0 Å². The van der Waals surface area contributed by atoms with Crippen LogP contribution in [0.15, 0.2) is 12.1 Å². The van der Waals surface area contributed by atoms with Crippen molar-refractivity contribution in [1.29, 1.82) is 0 Å². The molecule has 7 heteroatoms. The maximum atomic E-state index is 13.4. The molecule has 1 aromatic carbocycles. The fraction of sp³-hybridized carbons (Fsp3) is 0.333. The first kappa shape index (κ1) is 13.2. The van der Waals surface area contributed by atoms with Gasteiger partial charge in [0.25, 0.3) is 0 Å². The highest BCUT2D eigenvalue weighted by Crippen LogP contribution is 2.34. The highest BCUT2D eigenvalue weighted by atomic mass is 35.5. The molecular formula is C9H9ClF4N2. The molecule has 0 aliphatic heterocycles. The summed E-state index contributed by atoms with van der Waals surface area (Å²) in [5.74, 6) is -0.965. The Kier molecular flexibility index (Phi) is 3.77. The van der Waals surface area contributed by atoms with Gasteiger partial charge in [0.1, 0.15) is 5.82 Å². The molecule has 0 aliphatic rings. The minimum absolute atomic E-state index is 0.172. The molecule has 4 N–H and O–H groups in total. The predicted molar refractivity (Wildman–Crippen MR) is 52.4 cm³/mol. The summed E-state index contributed by atoms with van der Waals surface area (Å²) in [5.41, 5.74) is 9.18. The van der Waals surface area contributed by atoms with Crippen LogP contribution in [0.1, 0.15) is 17.2 Å². The number of benzene rings is 1. The van der Waals surface area contributed by atoms with Crippen molar-refractivity contribution in [2.45, 2.75) is 12.2 Å². The van der Waals surface area contributed by atoms with Gasteiger partial charge in [0, 0.05) is 18.2 Å². The lowest BCUT2D eigenvalue weighted by Gasteiger charge is -2.15. The van der Waals surface area contributed by atoms with Gasteiger partial charge in [-0.15, -0.1) is 0 Å². The van der Waals surface area contributed by atoms with Crippen LogP contribution < -0.4 is 11.5 Å². The van der Waals surface area contributed by atoms with Crippen LogP contribution in [0, 0.1) is 5.82 Å². The molecule has 0 fully saturated rings. The Morgan fingerprint density at radius 1 is 1.31 bits per heavy atom. The molecule has 0 radical (unpaired) electrons. The molecule has 90 valence electrons. The van der Waals surface area contributed by atoms with E-state index in [4.69, 9.17) is 23.1 Å². The monoisotopic (exact) mass is 256 g/mol. The summed E-state index contributed by atoms with van der Waals surface area (Å²) in [5, 5.41) is -0.617. The Morgan fingerprint density at radius 3 is 2.31 bits per heavy atom. The second kappa shape index (κ2) is 4.57. The topological polar surface area (TPSA) is 52.0 Å². The molecule has 0 bridgehead atoms. The maximum Gasteiger partial charge on any atom is 0.416 e. The Hall–Kier alpha value is -0.850. The molecule has 16 heavy (non-hydrogen) atoms. The Balaban J connectivity index is 3.33. The second-order valence-electron chi connectivity index (χ2n) is 3.20. The van der Waals surface area contributed by atoms with E-state index in [0.29, 0.717) is 12.1 Å². The molecule has 1 aromatic rings. The van der Waals surface area contributed by atoms with Gasteiger partial charge in [-0.2, -0.15) is 13.2 Å². The van der Waals surface area contributed by atoms with Gasteiger partial charge in [0.05, 0.1) is 10.6 Å². The molecule has 0 saturated heterocycles. The summed E-state index contributed by atoms with van der Waals surface area (Å²) in [6.45, 7) is -0.172. The third-order valence-corrected chi connectivity index (χ3v) is 2.31. The van der Waals surface area contributed by atoms with Crippen LogP contribution in [0.25, 0.3) is 0 Å². The summed E-state index contributed by atoms with van der Waals surface area (Å²) in [4.78, 5) is 0. The van der Waals surface area contributed by atoms with E-state index >= 15 is 0 Å². The van der Waals surface area contributed by atoms with Gasteiger partial charge in [-0.1, -0.05) is 11.6 Å². The van der Waals surface area contributed by atoms with Crippen molar-refractivity contribution < 1.29 is 17.6 Å². The summed E-state index contributed by atoms with van der Waals surface area (Å²) in [7, 11) is 0. The third kappa shape index (κ3) is 2.63. The van der Waals surface area contributed by atoms with Gasteiger partial charge in [0.2, 0.25) is 0 Å². The number of alkyl halides is 3. The van der Waals surface area contributed by atoms with Crippen LogP contribution in [0.5, 0.6) is 0 Å². The fourth-order valence-electron chi connectivity index (χ4n) is 1.17. The first-order valence-corrected chi connectivity index (χ1v) is 4.67. The Labute approximate surface area is 94.2 Å². The van der Waals surface area contributed by atoms with Crippen LogP contribution in [0.2, 0.25) is 5.02 Å². The molecule has 0 aromatic heterocycles. The van der Waals surface area contributed by atoms with Gasteiger partial charge >= 0.3 is 6.18 Å². The number of hydrogen-bond acceptors (Lipinski definition) is 2. The van der Waals surface area contributed by atoms with Gasteiger partial charge in [0.15, 0.2) is 0 Å².